The first kappa shape index (κ1) is 15.1. The molecule has 1 heterocycles. The summed E-state index contributed by atoms with van der Waals surface area (Å²) in [6.45, 7) is 10.8. The summed E-state index contributed by atoms with van der Waals surface area (Å²) in [7, 11) is 1.90. The van der Waals surface area contributed by atoms with Crippen LogP contribution in [0.25, 0.3) is 22.0 Å². The molecule has 0 unspecified atom stereocenters. The van der Waals surface area contributed by atoms with Gasteiger partial charge in [0.15, 0.2) is 6.17 Å². The molecule has 1 nitrogen and oxygen atoms in total. The van der Waals surface area contributed by atoms with E-state index in [2.05, 4.69) is 65.0 Å². The zero-order valence-electron chi connectivity index (χ0n) is 18.3. The third-order valence-electron chi connectivity index (χ3n) is 5.52. The minimum Gasteiger partial charge on any atom is -0.200 e. The van der Waals surface area contributed by atoms with E-state index in [0.717, 1.165) is 34.9 Å². The average molecular weight is 335 g/mol. The van der Waals surface area contributed by atoms with Crippen LogP contribution in [0.1, 0.15) is 57.6 Å². The lowest BCUT2D eigenvalue weighted by molar-refractivity contribution is -0.659. The van der Waals surface area contributed by atoms with Gasteiger partial charge in [0.2, 0.25) is 5.69 Å². The molecule has 0 aliphatic rings. The predicted octanol–water partition coefficient (Wildman–Crippen LogP) is 6.16. The van der Waals surface area contributed by atoms with Gasteiger partial charge in [0, 0.05) is 6.04 Å². The largest absolute Gasteiger partial charge is 0.220 e. The lowest BCUT2D eigenvalue weighted by Gasteiger charge is -2.15. The first-order chi connectivity index (χ1) is 12.8. The molecule has 0 saturated heterocycles. The Balaban J connectivity index is 2.41. The van der Waals surface area contributed by atoms with Crippen LogP contribution < -0.4 is 4.57 Å². The second kappa shape index (κ2) is 7.00. The molecule has 2 aromatic carbocycles. The maximum atomic E-state index is 8.57. The van der Waals surface area contributed by atoms with Gasteiger partial charge < -0.3 is 0 Å². The fraction of sp³-hybridized carbons (Fsp3) is 0.375. The van der Waals surface area contributed by atoms with E-state index in [-0.39, 0.29) is 6.17 Å². The van der Waals surface area contributed by atoms with E-state index in [1.165, 1.54) is 22.3 Å². The van der Waals surface area contributed by atoms with Crippen LogP contribution in [0.15, 0.2) is 42.5 Å². The van der Waals surface area contributed by atoms with Gasteiger partial charge in [-0.2, -0.15) is 0 Å². The van der Waals surface area contributed by atoms with Gasteiger partial charge in [-0.1, -0.05) is 37.6 Å². The number of hydrogen-bond acceptors (Lipinski definition) is 0. The van der Waals surface area contributed by atoms with Gasteiger partial charge in [-0.05, 0) is 73.7 Å². The van der Waals surface area contributed by atoms with E-state index in [1.807, 2.05) is 11.6 Å². The second-order valence-electron chi connectivity index (χ2n) is 7.22. The van der Waals surface area contributed by atoms with Crippen LogP contribution in [-0.4, -0.2) is 0 Å². The molecule has 25 heavy (non-hydrogen) atoms. The molecule has 0 atom stereocenters. The monoisotopic (exact) mass is 334 g/mol. The van der Waals surface area contributed by atoms with E-state index in [4.69, 9.17) is 2.74 Å². The second-order valence-corrected chi connectivity index (χ2v) is 7.22. The van der Waals surface area contributed by atoms with Crippen molar-refractivity contribution in [1.29, 1.82) is 0 Å². The Hall–Kier alpha value is -2.15. The summed E-state index contributed by atoms with van der Waals surface area (Å²) in [6, 6.07) is 11.2. The summed E-state index contributed by atoms with van der Waals surface area (Å²) in [5, 5.41) is 1.94. The van der Waals surface area contributed by atoms with Gasteiger partial charge in [0.1, 0.15) is 8.42 Å². The Kier molecular flexibility index (Phi) is 4.23. The van der Waals surface area contributed by atoms with Crippen LogP contribution in [0, 0.1) is 20.8 Å². The first-order valence-corrected chi connectivity index (χ1v) is 9.31. The molecular weight excluding hydrogens is 302 g/mol. The highest BCUT2D eigenvalue weighted by atomic mass is 14.9. The highest BCUT2D eigenvalue weighted by Gasteiger charge is 2.19. The fourth-order valence-corrected chi connectivity index (χ4v) is 3.88. The van der Waals surface area contributed by atoms with Crippen LogP contribution >= 0.6 is 0 Å². The summed E-state index contributed by atoms with van der Waals surface area (Å²) in [4.78, 5) is 0. The van der Waals surface area contributed by atoms with Crippen molar-refractivity contribution in [2.24, 2.45) is 7.05 Å². The van der Waals surface area contributed by atoms with Gasteiger partial charge >= 0.3 is 0 Å². The molecular formula is C24H30N+. The molecule has 0 radical (unpaired) electrons. The lowest BCUT2D eigenvalue weighted by atomic mass is 9.90. The zero-order chi connectivity index (χ0) is 19.9. The third kappa shape index (κ3) is 3.20. The quantitative estimate of drug-likeness (QED) is 0.503. The van der Waals surface area contributed by atoms with Gasteiger partial charge in [0.05, 0.1) is 12.3 Å². The molecule has 0 amide bonds. The summed E-state index contributed by atoms with van der Waals surface area (Å²) >= 11 is 0. The normalized spacial score (nSPS) is 12.6. The molecule has 130 valence electrons. The van der Waals surface area contributed by atoms with Gasteiger partial charge in [-0.25, -0.2) is 4.57 Å². The molecule has 0 spiro atoms. The zero-order valence-corrected chi connectivity index (χ0v) is 16.3. The molecule has 0 saturated carbocycles. The smallest absolute Gasteiger partial charge is 0.200 e. The number of pyridine rings is 1. The van der Waals surface area contributed by atoms with Crippen LogP contribution in [0.3, 0.4) is 0 Å². The van der Waals surface area contributed by atoms with Crippen molar-refractivity contribution in [2.45, 2.75) is 53.4 Å². The predicted molar refractivity (Wildman–Crippen MR) is 108 cm³/mol. The average Bonchev–Trinajstić information content (AvgIpc) is 2.65. The van der Waals surface area contributed by atoms with Crippen molar-refractivity contribution in [3.63, 3.8) is 0 Å². The van der Waals surface area contributed by atoms with Gasteiger partial charge in [0.25, 0.3) is 0 Å². The van der Waals surface area contributed by atoms with Crippen molar-refractivity contribution in [2.75, 3.05) is 0 Å². The van der Waals surface area contributed by atoms with Crippen molar-refractivity contribution in [1.82, 2.24) is 0 Å². The summed E-state index contributed by atoms with van der Waals surface area (Å²) in [5.74, 6) is 0.503. The molecule has 3 rings (SSSR count). The molecule has 1 heteroatoms. The van der Waals surface area contributed by atoms with E-state index in [9.17, 15) is 0 Å². The molecule has 0 fully saturated rings. The SMILES string of the molecule is [2H]c1c([2H])[n+](C)c(-c2cc(C)cc(C)c2C)c2ccc(C(CC)CC)cc12. The van der Waals surface area contributed by atoms with E-state index < -0.39 is 0 Å². The first-order valence-electron chi connectivity index (χ1n) is 10.3. The number of aryl methyl sites for hydroxylation is 2. The summed E-state index contributed by atoms with van der Waals surface area (Å²) in [5.41, 5.74) is 7.18. The standard InChI is InChI=1S/C24H30N/c1-7-19(8-2)20-9-10-22-21(15-20)11-12-25(6)24(22)23-14-16(3)13-17(4)18(23)5/h9-15,19H,7-8H2,1-6H3/q+1/i11D,12D. The Morgan fingerprint density at radius 3 is 2.44 bits per heavy atom. The number of fused-ring (bicyclic) bond motifs is 1. The molecule has 0 aliphatic carbocycles. The van der Waals surface area contributed by atoms with E-state index in [1.54, 1.807) is 0 Å². The van der Waals surface area contributed by atoms with Gasteiger partial charge in [-0.15, -0.1) is 0 Å². The van der Waals surface area contributed by atoms with E-state index in [0.29, 0.717) is 12.0 Å². The van der Waals surface area contributed by atoms with Crippen LogP contribution in [0.4, 0.5) is 0 Å². The molecule has 0 aliphatic heterocycles. The third-order valence-corrected chi connectivity index (χ3v) is 5.52. The topological polar surface area (TPSA) is 3.88 Å². The minimum absolute atomic E-state index is 0.262. The molecule has 0 N–H and O–H groups in total. The Bertz CT molecular complexity index is 1020. The number of rotatable bonds is 4. The maximum Gasteiger partial charge on any atom is 0.220 e. The van der Waals surface area contributed by atoms with Crippen LogP contribution in [-0.2, 0) is 7.05 Å². The van der Waals surface area contributed by atoms with Crippen LogP contribution in [0.2, 0.25) is 0 Å². The van der Waals surface area contributed by atoms with Crippen LogP contribution in [0.5, 0.6) is 0 Å². The highest BCUT2D eigenvalue weighted by molar-refractivity contribution is 5.94. The van der Waals surface area contributed by atoms with Crippen molar-refractivity contribution in [3.05, 3.63) is 64.8 Å². The van der Waals surface area contributed by atoms with Crippen molar-refractivity contribution < 1.29 is 7.31 Å². The molecule has 1 aromatic heterocycles. The Labute approximate surface area is 155 Å². The molecule has 0 bridgehead atoms. The highest BCUT2D eigenvalue weighted by Crippen LogP contribution is 2.32. The maximum absolute atomic E-state index is 8.57. The van der Waals surface area contributed by atoms with Gasteiger partial charge in [-0.3, -0.25) is 0 Å². The lowest BCUT2D eigenvalue weighted by Crippen LogP contribution is -2.30. The summed E-state index contributed by atoms with van der Waals surface area (Å²) < 4.78 is 19.0. The fourth-order valence-electron chi connectivity index (χ4n) is 3.88. The molecule has 3 aromatic rings. The number of nitrogens with zero attached hydrogens (tertiary/aromatic N) is 1. The number of hydrogen-bond donors (Lipinski definition) is 0. The van der Waals surface area contributed by atoms with E-state index >= 15 is 0 Å². The Morgan fingerprint density at radius 2 is 1.76 bits per heavy atom. The number of benzene rings is 2. The van der Waals surface area contributed by atoms with Crippen molar-refractivity contribution >= 4 is 10.8 Å². The Morgan fingerprint density at radius 1 is 1.04 bits per heavy atom. The van der Waals surface area contributed by atoms with Crippen molar-refractivity contribution in [3.8, 4) is 11.3 Å². The number of aromatic nitrogens is 1. The summed E-state index contributed by atoms with van der Waals surface area (Å²) in [6.07, 6.45) is 2.44. The minimum atomic E-state index is 0.262.